The van der Waals surface area contributed by atoms with Crippen molar-refractivity contribution >= 4 is 12.0 Å². The Kier molecular flexibility index (Phi) is 4.31. The van der Waals surface area contributed by atoms with E-state index in [1.165, 1.54) is 0 Å². The Labute approximate surface area is 92.2 Å². The van der Waals surface area contributed by atoms with Crippen LogP contribution < -0.4 is 10.6 Å². The third-order valence-electron chi connectivity index (χ3n) is 2.02. The molecule has 1 rings (SSSR count). The average molecular weight is 226 g/mol. The fourth-order valence-corrected chi connectivity index (χ4v) is 1.10. The van der Waals surface area contributed by atoms with Gasteiger partial charge in [0.2, 0.25) is 0 Å². The number of hydrogen-bond donors (Lipinski definition) is 4. The number of urea groups is 1. The average Bonchev–Trinajstić information content (AvgIpc) is 2.75. The summed E-state index contributed by atoms with van der Waals surface area (Å²) in [5.41, 5.74) is 0.818. The number of H-pyrrole nitrogens is 1. The lowest BCUT2D eigenvalue weighted by Crippen LogP contribution is -2.45. The molecular formula is C9H14N4O3. The summed E-state index contributed by atoms with van der Waals surface area (Å²) < 4.78 is 0. The quantitative estimate of drug-likeness (QED) is 0.570. The van der Waals surface area contributed by atoms with E-state index in [0.29, 0.717) is 13.0 Å². The van der Waals surface area contributed by atoms with Gasteiger partial charge in [-0.3, -0.25) is 5.10 Å². The Hall–Kier alpha value is -2.05. The summed E-state index contributed by atoms with van der Waals surface area (Å²) in [6.45, 7) is 1.99. The number of aromatic amines is 1. The van der Waals surface area contributed by atoms with Crippen LogP contribution in [-0.2, 0) is 11.3 Å². The number of rotatable bonds is 5. The van der Waals surface area contributed by atoms with E-state index < -0.39 is 18.0 Å². The molecule has 0 aromatic carbocycles. The number of carboxylic acid groups (broad SMARTS) is 1. The third-order valence-corrected chi connectivity index (χ3v) is 2.02. The van der Waals surface area contributed by atoms with Crippen LogP contribution in [-0.4, -0.2) is 33.3 Å². The Morgan fingerprint density at radius 1 is 1.62 bits per heavy atom. The molecule has 1 unspecified atom stereocenters. The van der Waals surface area contributed by atoms with E-state index in [-0.39, 0.29) is 0 Å². The SMILES string of the molecule is CCC(NC(=O)NCc1cn[nH]c1)C(=O)O. The highest BCUT2D eigenvalue weighted by molar-refractivity contribution is 5.82. The summed E-state index contributed by atoms with van der Waals surface area (Å²) in [6.07, 6.45) is 3.57. The van der Waals surface area contributed by atoms with Crippen LogP contribution in [0.3, 0.4) is 0 Å². The van der Waals surface area contributed by atoms with E-state index in [1.54, 1.807) is 19.3 Å². The van der Waals surface area contributed by atoms with Gasteiger partial charge in [-0.1, -0.05) is 6.92 Å². The van der Waals surface area contributed by atoms with Crippen molar-refractivity contribution in [1.82, 2.24) is 20.8 Å². The van der Waals surface area contributed by atoms with Crippen LogP contribution in [0.5, 0.6) is 0 Å². The second-order valence-electron chi connectivity index (χ2n) is 3.23. The molecule has 0 aliphatic heterocycles. The molecule has 1 heterocycles. The highest BCUT2D eigenvalue weighted by Crippen LogP contribution is 1.93. The summed E-state index contributed by atoms with van der Waals surface area (Å²) in [6, 6.07) is -1.36. The van der Waals surface area contributed by atoms with Crippen molar-refractivity contribution < 1.29 is 14.7 Å². The predicted octanol–water partition coefficient (Wildman–Crippen LogP) is 0.0721. The molecule has 0 saturated carbocycles. The maximum atomic E-state index is 11.3. The Morgan fingerprint density at radius 2 is 2.38 bits per heavy atom. The number of aliphatic carboxylic acids is 1. The number of carboxylic acids is 1. The minimum atomic E-state index is -1.04. The molecular weight excluding hydrogens is 212 g/mol. The second kappa shape index (κ2) is 5.74. The first-order valence-corrected chi connectivity index (χ1v) is 4.88. The molecule has 16 heavy (non-hydrogen) atoms. The van der Waals surface area contributed by atoms with E-state index in [0.717, 1.165) is 5.56 Å². The second-order valence-corrected chi connectivity index (χ2v) is 3.23. The number of carbonyl (C=O) groups excluding carboxylic acids is 1. The number of nitrogens with one attached hydrogen (secondary N) is 3. The Balaban J connectivity index is 2.33. The zero-order valence-electron chi connectivity index (χ0n) is 8.86. The first-order chi connectivity index (χ1) is 7.63. The van der Waals surface area contributed by atoms with E-state index in [9.17, 15) is 9.59 Å². The molecule has 4 N–H and O–H groups in total. The minimum Gasteiger partial charge on any atom is -0.480 e. The van der Waals surface area contributed by atoms with Crippen molar-refractivity contribution in [3.63, 3.8) is 0 Å². The van der Waals surface area contributed by atoms with Gasteiger partial charge < -0.3 is 15.7 Å². The number of nitrogens with zero attached hydrogens (tertiary/aromatic N) is 1. The molecule has 7 nitrogen and oxygen atoms in total. The smallest absolute Gasteiger partial charge is 0.326 e. The van der Waals surface area contributed by atoms with Crippen molar-refractivity contribution in [2.24, 2.45) is 0 Å². The number of carbonyl (C=O) groups is 2. The molecule has 0 spiro atoms. The molecule has 1 aromatic heterocycles. The van der Waals surface area contributed by atoms with E-state index in [4.69, 9.17) is 5.11 Å². The van der Waals surface area contributed by atoms with Gasteiger partial charge in [-0.2, -0.15) is 5.10 Å². The number of hydrogen-bond acceptors (Lipinski definition) is 3. The number of amides is 2. The maximum absolute atomic E-state index is 11.3. The van der Waals surface area contributed by atoms with Crippen LogP contribution in [0.25, 0.3) is 0 Å². The standard InChI is InChI=1S/C9H14N4O3/c1-2-7(8(14)15)13-9(16)10-3-6-4-11-12-5-6/h4-5,7H,2-3H2,1H3,(H,11,12)(H,14,15)(H2,10,13,16). The Bertz CT molecular complexity index is 350. The molecule has 0 saturated heterocycles. The summed E-state index contributed by atoms with van der Waals surface area (Å²) in [5, 5.41) is 19.9. The van der Waals surface area contributed by atoms with E-state index in [2.05, 4.69) is 20.8 Å². The molecule has 1 atom stereocenters. The summed E-state index contributed by atoms with van der Waals surface area (Å²) in [5.74, 6) is -1.04. The van der Waals surface area contributed by atoms with Gasteiger partial charge in [-0.25, -0.2) is 9.59 Å². The van der Waals surface area contributed by atoms with E-state index >= 15 is 0 Å². The minimum absolute atomic E-state index is 0.304. The fourth-order valence-electron chi connectivity index (χ4n) is 1.10. The van der Waals surface area contributed by atoms with Crippen LogP contribution in [0.4, 0.5) is 4.79 Å². The Morgan fingerprint density at radius 3 is 2.88 bits per heavy atom. The molecule has 2 amide bonds. The topological polar surface area (TPSA) is 107 Å². The normalized spacial score (nSPS) is 11.8. The van der Waals surface area contributed by atoms with Crippen molar-refractivity contribution in [1.29, 1.82) is 0 Å². The lowest BCUT2D eigenvalue weighted by atomic mass is 10.2. The van der Waals surface area contributed by atoms with Gasteiger partial charge in [-0.05, 0) is 6.42 Å². The van der Waals surface area contributed by atoms with E-state index in [1.807, 2.05) is 0 Å². The summed E-state index contributed by atoms with van der Waals surface area (Å²) in [4.78, 5) is 21.9. The lowest BCUT2D eigenvalue weighted by Gasteiger charge is -2.12. The first kappa shape index (κ1) is 12.0. The van der Waals surface area contributed by atoms with Crippen LogP contribution >= 0.6 is 0 Å². The summed E-state index contributed by atoms with van der Waals surface area (Å²) in [7, 11) is 0. The molecule has 0 fully saturated rings. The molecule has 1 aromatic rings. The predicted molar refractivity (Wildman–Crippen MR) is 55.7 cm³/mol. The summed E-state index contributed by atoms with van der Waals surface area (Å²) >= 11 is 0. The van der Waals surface area contributed by atoms with Gasteiger partial charge >= 0.3 is 12.0 Å². The molecule has 0 aliphatic rings. The zero-order chi connectivity index (χ0) is 12.0. The maximum Gasteiger partial charge on any atom is 0.326 e. The van der Waals surface area contributed by atoms with Gasteiger partial charge in [0, 0.05) is 18.3 Å². The lowest BCUT2D eigenvalue weighted by molar-refractivity contribution is -0.139. The van der Waals surface area contributed by atoms with Gasteiger partial charge in [0.15, 0.2) is 0 Å². The number of aromatic nitrogens is 2. The van der Waals surface area contributed by atoms with Crippen LogP contribution in [0.1, 0.15) is 18.9 Å². The third kappa shape index (κ3) is 3.60. The van der Waals surface area contributed by atoms with Crippen molar-refractivity contribution in [3.8, 4) is 0 Å². The van der Waals surface area contributed by atoms with Crippen LogP contribution in [0.15, 0.2) is 12.4 Å². The molecule has 7 heteroatoms. The molecule has 88 valence electrons. The molecule has 0 radical (unpaired) electrons. The highest BCUT2D eigenvalue weighted by atomic mass is 16.4. The van der Waals surface area contributed by atoms with Gasteiger partial charge in [-0.15, -0.1) is 0 Å². The monoisotopic (exact) mass is 226 g/mol. The largest absolute Gasteiger partial charge is 0.480 e. The van der Waals surface area contributed by atoms with Gasteiger partial charge in [0.05, 0.1) is 6.20 Å². The van der Waals surface area contributed by atoms with Crippen molar-refractivity contribution in [3.05, 3.63) is 18.0 Å². The first-order valence-electron chi connectivity index (χ1n) is 4.88. The van der Waals surface area contributed by atoms with Crippen LogP contribution in [0, 0.1) is 0 Å². The van der Waals surface area contributed by atoms with Crippen LogP contribution in [0.2, 0.25) is 0 Å². The highest BCUT2D eigenvalue weighted by Gasteiger charge is 2.16. The van der Waals surface area contributed by atoms with Crippen molar-refractivity contribution in [2.45, 2.75) is 25.9 Å². The molecule has 0 bridgehead atoms. The molecule has 0 aliphatic carbocycles. The van der Waals surface area contributed by atoms with Gasteiger partial charge in [0.1, 0.15) is 6.04 Å². The zero-order valence-corrected chi connectivity index (χ0v) is 8.86. The fraction of sp³-hybridized carbons (Fsp3) is 0.444. The van der Waals surface area contributed by atoms with Crippen molar-refractivity contribution in [2.75, 3.05) is 0 Å². The van der Waals surface area contributed by atoms with Gasteiger partial charge in [0.25, 0.3) is 0 Å².